The van der Waals surface area contributed by atoms with Gasteiger partial charge in [0.15, 0.2) is 0 Å². The van der Waals surface area contributed by atoms with E-state index in [1.165, 1.54) is 24.0 Å². The van der Waals surface area contributed by atoms with E-state index < -0.39 is 17.7 Å². The summed E-state index contributed by atoms with van der Waals surface area (Å²) in [7, 11) is 0. The van der Waals surface area contributed by atoms with E-state index in [4.69, 9.17) is 0 Å². The minimum absolute atomic E-state index is 0.00112. The molecule has 1 amide bonds. The fourth-order valence-electron chi connectivity index (χ4n) is 3.50. The Morgan fingerprint density at radius 3 is 2.58 bits per heavy atom. The third-order valence-electron chi connectivity index (χ3n) is 4.91. The van der Waals surface area contributed by atoms with Gasteiger partial charge in [0, 0.05) is 25.1 Å². The predicted molar refractivity (Wildman–Crippen MR) is 101 cm³/mol. The molecule has 1 aliphatic rings. The van der Waals surface area contributed by atoms with Gasteiger partial charge in [0.25, 0.3) is 0 Å². The average molecular weight is 475 g/mol. The van der Waals surface area contributed by atoms with E-state index in [1.807, 2.05) is 6.92 Å². The number of rotatable bonds is 4. The SMILES string of the molecule is CCc1nc(I)c2n1CCN(C(=O)O)C2CCc1cc(F)c(C)c(F)c1. The van der Waals surface area contributed by atoms with Crippen molar-refractivity contribution in [2.24, 2.45) is 0 Å². The summed E-state index contributed by atoms with van der Waals surface area (Å²) < 4.78 is 30.5. The van der Waals surface area contributed by atoms with Crippen LogP contribution in [-0.4, -0.2) is 32.2 Å². The summed E-state index contributed by atoms with van der Waals surface area (Å²) in [5.41, 5.74) is 1.40. The molecule has 0 radical (unpaired) electrons. The zero-order chi connectivity index (χ0) is 19.0. The van der Waals surface area contributed by atoms with Crippen LogP contribution in [0.5, 0.6) is 0 Å². The zero-order valence-electron chi connectivity index (χ0n) is 14.6. The number of fused-ring (bicyclic) bond motifs is 1. The van der Waals surface area contributed by atoms with Crippen LogP contribution in [0.1, 0.15) is 42.0 Å². The van der Waals surface area contributed by atoms with Gasteiger partial charge >= 0.3 is 6.09 Å². The molecule has 1 aliphatic heterocycles. The van der Waals surface area contributed by atoms with Crippen molar-refractivity contribution in [3.63, 3.8) is 0 Å². The van der Waals surface area contributed by atoms with Crippen molar-refractivity contribution >= 4 is 28.7 Å². The summed E-state index contributed by atoms with van der Waals surface area (Å²) in [4.78, 5) is 17.7. The lowest BCUT2D eigenvalue weighted by Gasteiger charge is -2.35. The maximum Gasteiger partial charge on any atom is 0.407 e. The van der Waals surface area contributed by atoms with Crippen LogP contribution in [0.15, 0.2) is 12.1 Å². The average Bonchev–Trinajstić information content (AvgIpc) is 2.93. The number of nitrogens with zero attached hydrogens (tertiary/aromatic N) is 3. The third-order valence-corrected chi connectivity index (χ3v) is 5.70. The maximum atomic E-state index is 13.8. The number of benzene rings is 1. The van der Waals surface area contributed by atoms with Crippen molar-refractivity contribution in [3.05, 3.63) is 50.1 Å². The Morgan fingerprint density at radius 2 is 2.00 bits per heavy atom. The largest absolute Gasteiger partial charge is 0.465 e. The molecule has 0 fully saturated rings. The van der Waals surface area contributed by atoms with Gasteiger partial charge in [0.2, 0.25) is 0 Å². The summed E-state index contributed by atoms with van der Waals surface area (Å²) in [6.07, 6.45) is 0.603. The molecule has 140 valence electrons. The standard InChI is InChI=1S/C18H20F2IN3O2/c1-3-15-22-17(21)16-14(23(18(25)26)6-7-24(15)16)5-4-11-8-12(19)10(2)13(20)9-11/h8-9,14H,3-7H2,1-2H3,(H,25,26). The highest BCUT2D eigenvalue weighted by Crippen LogP contribution is 2.34. The van der Waals surface area contributed by atoms with Crippen molar-refractivity contribution in [1.82, 2.24) is 14.5 Å². The van der Waals surface area contributed by atoms with Crippen molar-refractivity contribution in [3.8, 4) is 0 Å². The summed E-state index contributed by atoms with van der Waals surface area (Å²) in [6, 6.07) is 2.27. The second-order valence-electron chi connectivity index (χ2n) is 6.42. The van der Waals surface area contributed by atoms with E-state index in [0.29, 0.717) is 31.5 Å². The van der Waals surface area contributed by atoms with Gasteiger partial charge in [-0.05, 0) is 60.1 Å². The molecule has 1 unspecified atom stereocenters. The van der Waals surface area contributed by atoms with Crippen LogP contribution in [0.3, 0.4) is 0 Å². The molecular formula is C18H20F2IN3O2. The first-order valence-corrected chi connectivity index (χ1v) is 9.60. The van der Waals surface area contributed by atoms with Crippen LogP contribution < -0.4 is 0 Å². The van der Waals surface area contributed by atoms with Gasteiger partial charge in [-0.1, -0.05) is 6.92 Å². The van der Waals surface area contributed by atoms with E-state index in [0.717, 1.165) is 21.6 Å². The summed E-state index contributed by atoms with van der Waals surface area (Å²) in [5.74, 6) is -0.217. The second-order valence-corrected chi connectivity index (χ2v) is 7.45. The van der Waals surface area contributed by atoms with Crippen molar-refractivity contribution in [1.29, 1.82) is 0 Å². The number of amides is 1. The normalized spacial score (nSPS) is 16.7. The topological polar surface area (TPSA) is 58.4 Å². The molecule has 1 atom stereocenters. The molecule has 0 saturated carbocycles. The van der Waals surface area contributed by atoms with Crippen LogP contribution in [0, 0.1) is 22.3 Å². The van der Waals surface area contributed by atoms with E-state index in [2.05, 4.69) is 32.1 Å². The Balaban J connectivity index is 1.91. The molecule has 0 saturated heterocycles. The Kier molecular flexibility index (Phi) is 5.50. The smallest absolute Gasteiger partial charge is 0.407 e. The highest BCUT2D eigenvalue weighted by Gasteiger charge is 2.34. The highest BCUT2D eigenvalue weighted by molar-refractivity contribution is 14.1. The van der Waals surface area contributed by atoms with Crippen molar-refractivity contribution in [2.45, 2.75) is 45.7 Å². The van der Waals surface area contributed by atoms with E-state index in [-0.39, 0.29) is 11.6 Å². The maximum absolute atomic E-state index is 13.8. The summed E-state index contributed by atoms with van der Waals surface area (Å²) in [6.45, 7) is 4.37. The number of aromatic nitrogens is 2. The van der Waals surface area contributed by atoms with Gasteiger partial charge < -0.3 is 9.67 Å². The third kappa shape index (κ3) is 3.43. The number of aryl methyl sites for hydroxylation is 2. The molecule has 2 heterocycles. The Labute approximate surface area is 164 Å². The van der Waals surface area contributed by atoms with Crippen LogP contribution in [0.2, 0.25) is 0 Å². The first-order valence-electron chi connectivity index (χ1n) is 8.52. The zero-order valence-corrected chi connectivity index (χ0v) is 16.8. The Morgan fingerprint density at radius 1 is 1.35 bits per heavy atom. The summed E-state index contributed by atoms with van der Waals surface area (Å²) >= 11 is 2.13. The minimum Gasteiger partial charge on any atom is -0.465 e. The van der Waals surface area contributed by atoms with Gasteiger partial charge in [-0.15, -0.1) is 0 Å². The van der Waals surface area contributed by atoms with Gasteiger partial charge in [-0.3, -0.25) is 4.90 Å². The predicted octanol–water partition coefficient (Wildman–Crippen LogP) is 4.30. The molecule has 0 aliphatic carbocycles. The van der Waals surface area contributed by atoms with Gasteiger partial charge in [0.05, 0.1) is 11.7 Å². The van der Waals surface area contributed by atoms with Gasteiger partial charge in [0.1, 0.15) is 21.2 Å². The monoisotopic (exact) mass is 475 g/mol. The molecular weight excluding hydrogens is 455 g/mol. The lowest BCUT2D eigenvalue weighted by atomic mass is 9.99. The quantitative estimate of drug-likeness (QED) is 0.671. The number of carbonyl (C=O) groups is 1. The van der Waals surface area contributed by atoms with Crippen LogP contribution >= 0.6 is 22.6 Å². The van der Waals surface area contributed by atoms with Crippen LogP contribution in [0.25, 0.3) is 0 Å². The number of hydrogen-bond acceptors (Lipinski definition) is 2. The number of halogens is 3. The van der Waals surface area contributed by atoms with Gasteiger partial charge in [-0.25, -0.2) is 18.6 Å². The number of carboxylic acid groups (broad SMARTS) is 1. The van der Waals surface area contributed by atoms with Crippen LogP contribution in [0.4, 0.5) is 13.6 Å². The fraction of sp³-hybridized carbons (Fsp3) is 0.444. The first kappa shape index (κ1) is 19.1. The molecule has 0 bridgehead atoms. The van der Waals surface area contributed by atoms with E-state index in [1.54, 1.807) is 0 Å². The van der Waals surface area contributed by atoms with Gasteiger partial charge in [-0.2, -0.15) is 0 Å². The molecule has 1 aromatic carbocycles. The van der Waals surface area contributed by atoms with Crippen molar-refractivity contribution < 1.29 is 18.7 Å². The Bertz CT molecular complexity index is 830. The number of imidazole rings is 1. The molecule has 8 heteroatoms. The summed E-state index contributed by atoms with van der Waals surface area (Å²) in [5, 5.41) is 9.58. The highest BCUT2D eigenvalue weighted by atomic mass is 127. The molecule has 1 N–H and O–H groups in total. The molecule has 5 nitrogen and oxygen atoms in total. The first-order chi connectivity index (χ1) is 12.3. The van der Waals surface area contributed by atoms with E-state index >= 15 is 0 Å². The van der Waals surface area contributed by atoms with Crippen LogP contribution in [-0.2, 0) is 19.4 Å². The lowest BCUT2D eigenvalue weighted by molar-refractivity contribution is 0.106. The molecule has 0 spiro atoms. The molecule has 26 heavy (non-hydrogen) atoms. The van der Waals surface area contributed by atoms with Crippen molar-refractivity contribution in [2.75, 3.05) is 6.54 Å². The lowest BCUT2D eigenvalue weighted by Crippen LogP contribution is -2.42. The number of hydrogen-bond donors (Lipinski definition) is 1. The second kappa shape index (κ2) is 7.50. The molecule has 2 aromatic rings. The van der Waals surface area contributed by atoms with E-state index in [9.17, 15) is 18.7 Å². The minimum atomic E-state index is -0.988. The Hall–Kier alpha value is -1.71. The molecule has 1 aromatic heterocycles. The fourth-order valence-corrected chi connectivity index (χ4v) is 4.43. The molecule has 3 rings (SSSR count).